The number of rotatable bonds is 7. The van der Waals surface area contributed by atoms with Gasteiger partial charge in [-0.05, 0) is 62.5 Å². The highest BCUT2D eigenvalue weighted by atomic mass is 16.5. The zero-order valence-electron chi connectivity index (χ0n) is 14.5. The van der Waals surface area contributed by atoms with Gasteiger partial charge in [-0.3, -0.25) is 9.89 Å². The van der Waals surface area contributed by atoms with Crippen molar-refractivity contribution >= 4 is 5.91 Å². The van der Waals surface area contributed by atoms with Crippen LogP contribution in [0.5, 0.6) is 5.75 Å². The predicted octanol–water partition coefficient (Wildman–Crippen LogP) is 1.88. The minimum atomic E-state index is 0.0703. The first-order chi connectivity index (χ1) is 12.2. The van der Waals surface area contributed by atoms with Crippen LogP contribution >= 0.6 is 0 Å². The number of aromatic nitrogens is 3. The van der Waals surface area contributed by atoms with Gasteiger partial charge in [0.15, 0.2) is 5.82 Å². The fourth-order valence-electron chi connectivity index (χ4n) is 3.02. The van der Waals surface area contributed by atoms with Crippen LogP contribution in [0.3, 0.4) is 0 Å². The first-order valence-electron chi connectivity index (χ1n) is 8.77. The molecule has 1 aliphatic rings. The fourth-order valence-corrected chi connectivity index (χ4v) is 3.02. The van der Waals surface area contributed by atoms with E-state index in [0.29, 0.717) is 30.5 Å². The number of hydrogen-bond acceptors (Lipinski definition) is 5. The molecule has 1 saturated heterocycles. The lowest BCUT2D eigenvalue weighted by Gasteiger charge is -2.22. The van der Waals surface area contributed by atoms with Crippen molar-refractivity contribution in [2.75, 3.05) is 20.2 Å². The summed E-state index contributed by atoms with van der Waals surface area (Å²) in [6.07, 6.45) is 3.87. The SMILES string of the molecule is COc1ccc(-c2n[nH]c(CNC(=O)CCC3CCNCC3)n2)cc1. The summed E-state index contributed by atoms with van der Waals surface area (Å²) in [4.78, 5) is 16.4. The third kappa shape index (κ3) is 5.03. The molecule has 7 heteroatoms. The third-order valence-electron chi connectivity index (χ3n) is 4.57. The van der Waals surface area contributed by atoms with Crippen molar-refractivity contribution in [2.45, 2.75) is 32.2 Å². The Morgan fingerprint density at radius 2 is 2.04 bits per heavy atom. The highest BCUT2D eigenvalue weighted by Crippen LogP contribution is 2.19. The van der Waals surface area contributed by atoms with E-state index in [4.69, 9.17) is 4.74 Å². The van der Waals surface area contributed by atoms with Gasteiger partial charge in [0, 0.05) is 12.0 Å². The highest BCUT2D eigenvalue weighted by molar-refractivity contribution is 5.75. The van der Waals surface area contributed by atoms with Gasteiger partial charge in [0.25, 0.3) is 0 Å². The maximum atomic E-state index is 12.0. The van der Waals surface area contributed by atoms with E-state index in [-0.39, 0.29) is 5.91 Å². The largest absolute Gasteiger partial charge is 0.497 e. The molecule has 25 heavy (non-hydrogen) atoms. The maximum Gasteiger partial charge on any atom is 0.220 e. The summed E-state index contributed by atoms with van der Waals surface area (Å²) in [6, 6.07) is 7.55. The summed E-state index contributed by atoms with van der Waals surface area (Å²) in [5.41, 5.74) is 0.903. The Balaban J connectivity index is 1.45. The maximum absolute atomic E-state index is 12.0. The van der Waals surface area contributed by atoms with Crippen LogP contribution in [0.4, 0.5) is 0 Å². The number of aromatic amines is 1. The molecule has 0 unspecified atom stereocenters. The number of nitrogens with zero attached hydrogens (tertiary/aromatic N) is 2. The van der Waals surface area contributed by atoms with Crippen LogP contribution in [-0.2, 0) is 11.3 Å². The molecule has 1 aliphatic heterocycles. The second kappa shape index (κ2) is 8.62. The van der Waals surface area contributed by atoms with Gasteiger partial charge < -0.3 is 15.4 Å². The van der Waals surface area contributed by atoms with Gasteiger partial charge in [-0.15, -0.1) is 0 Å². The average Bonchev–Trinajstić information content (AvgIpc) is 3.14. The summed E-state index contributed by atoms with van der Waals surface area (Å²) in [6.45, 7) is 2.51. The number of ether oxygens (including phenoxy) is 1. The molecule has 0 spiro atoms. The molecule has 1 amide bonds. The number of methoxy groups -OCH3 is 1. The standard InChI is InChI=1S/C18H25N5O2/c1-25-15-5-3-14(4-6-15)18-21-16(22-23-18)12-20-17(24)7-2-13-8-10-19-11-9-13/h3-6,13,19H,2,7-12H2,1H3,(H,20,24)(H,21,22,23). The zero-order valence-corrected chi connectivity index (χ0v) is 14.5. The quantitative estimate of drug-likeness (QED) is 0.714. The molecule has 3 N–H and O–H groups in total. The van der Waals surface area contributed by atoms with Crippen molar-refractivity contribution < 1.29 is 9.53 Å². The Labute approximate surface area is 147 Å². The van der Waals surface area contributed by atoms with E-state index in [1.54, 1.807) is 7.11 Å². The van der Waals surface area contributed by atoms with E-state index >= 15 is 0 Å². The van der Waals surface area contributed by atoms with Crippen LogP contribution in [0.15, 0.2) is 24.3 Å². The minimum absolute atomic E-state index is 0.0703. The minimum Gasteiger partial charge on any atom is -0.497 e. The molecule has 0 aliphatic carbocycles. The van der Waals surface area contributed by atoms with Gasteiger partial charge >= 0.3 is 0 Å². The topological polar surface area (TPSA) is 91.9 Å². The molecule has 1 aromatic heterocycles. The molecule has 0 bridgehead atoms. The zero-order chi connectivity index (χ0) is 17.5. The lowest BCUT2D eigenvalue weighted by Crippen LogP contribution is -2.29. The lowest BCUT2D eigenvalue weighted by atomic mass is 9.93. The Hall–Kier alpha value is -2.41. The van der Waals surface area contributed by atoms with E-state index in [1.165, 1.54) is 12.8 Å². The summed E-state index contributed by atoms with van der Waals surface area (Å²) in [5.74, 6) is 2.79. The Morgan fingerprint density at radius 1 is 1.28 bits per heavy atom. The Kier molecular flexibility index (Phi) is 6.00. The van der Waals surface area contributed by atoms with E-state index in [0.717, 1.165) is 30.8 Å². The molecule has 2 heterocycles. The average molecular weight is 343 g/mol. The van der Waals surface area contributed by atoms with E-state index < -0.39 is 0 Å². The van der Waals surface area contributed by atoms with Crippen LogP contribution in [0.2, 0.25) is 0 Å². The van der Waals surface area contributed by atoms with Gasteiger partial charge in [-0.1, -0.05) is 0 Å². The van der Waals surface area contributed by atoms with Gasteiger partial charge in [-0.25, -0.2) is 4.98 Å². The molecule has 7 nitrogen and oxygen atoms in total. The summed E-state index contributed by atoms with van der Waals surface area (Å²) in [5, 5.41) is 13.3. The lowest BCUT2D eigenvalue weighted by molar-refractivity contribution is -0.121. The number of H-pyrrole nitrogens is 1. The van der Waals surface area contributed by atoms with Crippen LogP contribution in [0.25, 0.3) is 11.4 Å². The van der Waals surface area contributed by atoms with Crippen molar-refractivity contribution in [3.05, 3.63) is 30.1 Å². The summed E-state index contributed by atoms with van der Waals surface area (Å²) >= 11 is 0. The monoisotopic (exact) mass is 343 g/mol. The molecule has 1 aromatic carbocycles. The molecule has 0 saturated carbocycles. The second-order valence-corrected chi connectivity index (χ2v) is 6.34. The van der Waals surface area contributed by atoms with E-state index in [2.05, 4.69) is 25.8 Å². The molecular weight excluding hydrogens is 318 g/mol. The van der Waals surface area contributed by atoms with Crippen molar-refractivity contribution in [1.82, 2.24) is 25.8 Å². The number of piperidine rings is 1. The number of carbonyl (C=O) groups is 1. The van der Waals surface area contributed by atoms with Crippen molar-refractivity contribution in [2.24, 2.45) is 5.92 Å². The van der Waals surface area contributed by atoms with Gasteiger partial charge in [0.2, 0.25) is 5.91 Å². The summed E-state index contributed by atoms with van der Waals surface area (Å²) < 4.78 is 5.14. The molecule has 0 radical (unpaired) electrons. The summed E-state index contributed by atoms with van der Waals surface area (Å²) in [7, 11) is 1.63. The number of benzene rings is 1. The number of hydrogen-bond donors (Lipinski definition) is 3. The number of nitrogens with one attached hydrogen (secondary N) is 3. The predicted molar refractivity (Wildman–Crippen MR) is 95.0 cm³/mol. The molecule has 134 valence electrons. The van der Waals surface area contributed by atoms with Gasteiger partial charge in [0.1, 0.15) is 11.6 Å². The van der Waals surface area contributed by atoms with Crippen molar-refractivity contribution in [1.29, 1.82) is 0 Å². The fraction of sp³-hybridized carbons (Fsp3) is 0.500. The number of amides is 1. The normalized spacial score (nSPS) is 15.1. The number of carbonyl (C=O) groups excluding carboxylic acids is 1. The smallest absolute Gasteiger partial charge is 0.220 e. The van der Waals surface area contributed by atoms with Crippen LogP contribution in [0, 0.1) is 5.92 Å². The van der Waals surface area contributed by atoms with E-state index in [9.17, 15) is 4.79 Å². The van der Waals surface area contributed by atoms with Crippen molar-refractivity contribution in [3.63, 3.8) is 0 Å². The first kappa shape index (κ1) is 17.4. The molecule has 3 rings (SSSR count). The van der Waals surface area contributed by atoms with Gasteiger partial charge in [-0.2, -0.15) is 5.10 Å². The van der Waals surface area contributed by atoms with Crippen LogP contribution in [-0.4, -0.2) is 41.3 Å². The third-order valence-corrected chi connectivity index (χ3v) is 4.57. The Bertz CT molecular complexity index is 677. The second-order valence-electron chi connectivity index (χ2n) is 6.34. The van der Waals surface area contributed by atoms with Crippen LogP contribution < -0.4 is 15.4 Å². The van der Waals surface area contributed by atoms with E-state index in [1.807, 2.05) is 24.3 Å². The molecule has 0 atom stereocenters. The molecule has 1 fully saturated rings. The van der Waals surface area contributed by atoms with Gasteiger partial charge in [0.05, 0.1) is 13.7 Å². The van der Waals surface area contributed by atoms with Crippen LogP contribution in [0.1, 0.15) is 31.5 Å². The highest BCUT2D eigenvalue weighted by Gasteiger charge is 2.14. The molecular formula is C18H25N5O2. The van der Waals surface area contributed by atoms with Crippen molar-refractivity contribution in [3.8, 4) is 17.1 Å². The molecule has 2 aromatic rings. The Morgan fingerprint density at radius 3 is 2.76 bits per heavy atom. The first-order valence-corrected chi connectivity index (χ1v) is 8.77.